The van der Waals surface area contributed by atoms with Gasteiger partial charge in [0.15, 0.2) is 0 Å². The maximum Gasteiger partial charge on any atom is 0.266 e. The largest absolute Gasteiger partial charge is 0.292 e. The quantitative estimate of drug-likeness (QED) is 0.397. The van der Waals surface area contributed by atoms with Gasteiger partial charge in [0.25, 0.3) is 5.56 Å². The zero-order chi connectivity index (χ0) is 20.5. The molecule has 0 N–H and O–H groups in total. The fourth-order valence-corrected chi connectivity index (χ4v) is 4.73. The van der Waals surface area contributed by atoms with Crippen LogP contribution in [0.15, 0.2) is 94.5 Å². The van der Waals surface area contributed by atoms with Crippen molar-refractivity contribution in [3.05, 3.63) is 111 Å². The summed E-state index contributed by atoms with van der Waals surface area (Å²) in [5.41, 5.74) is 1.47. The van der Waals surface area contributed by atoms with Gasteiger partial charge in [-0.3, -0.25) is 14.2 Å². The summed E-state index contributed by atoms with van der Waals surface area (Å²) in [6.45, 7) is 0.451. The van der Waals surface area contributed by atoms with Crippen molar-refractivity contribution < 1.29 is 0 Å². The van der Waals surface area contributed by atoms with Gasteiger partial charge in [-0.25, -0.2) is 4.98 Å². The molecule has 0 fully saturated rings. The summed E-state index contributed by atoms with van der Waals surface area (Å²) < 4.78 is 2.48. The lowest BCUT2D eigenvalue weighted by atomic mass is 10.1. The molecule has 0 unspecified atom stereocenters. The second-order valence-electron chi connectivity index (χ2n) is 7.10. The highest BCUT2D eigenvalue weighted by Crippen LogP contribution is 2.24. The summed E-state index contributed by atoms with van der Waals surface area (Å²) in [7, 11) is 0. The van der Waals surface area contributed by atoms with Gasteiger partial charge in [-0.1, -0.05) is 72.8 Å². The molecule has 0 atom stereocenters. The smallest absolute Gasteiger partial charge is 0.266 e. The molecule has 0 bridgehead atoms. The highest BCUT2D eigenvalue weighted by atomic mass is 32.1. The molecule has 4 nitrogen and oxygen atoms in total. The molecule has 2 aromatic heterocycles. The third-order valence-electron chi connectivity index (χ3n) is 5.20. The van der Waals surface area contributed by atoms with Gasteiger partial charge in [0.1, 0.15) is 16.0 Å². The molecule has 0 aliphatic carbocycles. The minimum atomic E-state index is -0.276. The Hall–Kier alpha value is -3.57. The van der Waals surface area contributed by atoms with Crippen LogP contribution in [-0.4, -0.2) is 9.55 Å². The lowest BCUT2D eigenvalue weighted by Crippen LogP contribution is -2.28. The van der Waals surface area contributed by atoms with Crippen molar-refractivity contribution >= 4 is 31.6 Å². The number of nitrogens with zero attached hydrogens (tertiary/aromatic N) is 2. The average Bonchev–Trinajstić information content (AvgIpc) is 2.79. The molecular formula is C25H18N2O2S. The van der Waals surface area contributed by atoms with Crippen LogP contribution in [0.5, 0.6) is 0 Å². The third kappa shape index (κ3) is 3.23. The molecule has 0 aliphatic heterocycles. The second-order valence-corrected chi connectivity index (χ2v) is 8.13. The van der Waals surface area contributed by atoms with E-state index in [0.717, 1.165) is 15.8 Å². The Labute approximate surface area is 176 Å². The van der Waals surface area contributed by atoms with Gasteiger partial charge >= 0.3 is 0 Å². The fraction of sp³-hybridized carbons (Fsp3) is 0.0800. The first kappa shape index (κ1) is 18.5. The minimum absolute atomic E-state index is 0.173. The maximum absolute atomic E-state index is 13.5. The highest BCUT2D eigenvalue weighted by molar-refractivity contribution is 7.24. The summed E-state index contributed by atoms with van der Waals surface area (Å²) in [6.07, 6.45) is 0.680. The number of fused-ring (bicyclic) bond motifs is 2. The van der Waals surface area contributed by atoms with Crippen LogP contribution < -0.4 is 11.0 Å². The zero-order valence-electron chi connectivity index (χ0n) is 16.1. The summed E-state index contributed by atoms with van der Waals surface area (Å²) in [4.78, 5) is 32.0. The lowest BCUT2D eigenvalue weighted by Gasteiger charge is -2.14. The molecule has 0 saturated carbocycles. The molecule has 146 valence electrons. The molecule has 5 heteroatoms. The Balaban J connectivity index is 1.77. The van der Waals surface area contributed by atoms with Gasteiger partial charge < -0.3 is 0 Å². The zero-order valence-corrected chi connectivity index (χ0v) is 16.9. The van der Waals surface area contributed by atoms with Gasteiger partial charge in [-0.05, 0) is 24.1 Å². The summed E-state index contributed by atoms with van der Waals surface area (Å²) in [6, 6.07) is 27.1. The minimum Gasteiger partial charge on any atom is -0.292 e. The lowest BCUT2D eigenvalue weighted by molar-refractivity contribution is 0.671. The first-order chi connectivity index (χ1) is 14.7. The fourth-order valence-electron chi connectivity index (χ4n) is 3.69. The first-order valence-electron chi connectivity index (χ1n) is 9.78. The number of rotatable bonds is 4. The molecule has 5 rings (SSSR count). The van der Waals surface area contributed by atoms with E-state index in [2.05, 4.69) is 0 Å². The highest BCUT2D eigenvalue weighted by Gasteiger charge is 2.17. The van der Waals surface area contributed by atoms with E-state index in [9.17, 15) is 9.59 Å². The SMILES string of the molecule is O=c1c2ccccc2sc2nc(-c3ccccc3)n(CCc3ccccc3)c(=O)c12. The van der Waals surface area contributed by atoms with E-state index in [4.69, 9.17) is 4.98 Å². The van der Waals surface area contributed by atoms with Crippen LogP contribution >= 0.6 is 11.3 Å². The van der Waals surface area contributed by atoms with Crippen LogP contribution in [0.1, 0.15) is 5.56 Å². The molecule has 0 amide bonds. The number of aryl methyl sites for hydroxylation is 1. The van der Waals surface area contributed by atoms with Crippen LogP contribution in [-0.2, 0) is 13.0 Å². The Morgan fingerprint density at radius 3 is 2.23 bits per heavy atom. The number of benzene rings is 3. The number of aromatic nitrogens is 2. The summed E-state index contributed by atoms with van der Waals surface area (Å²) in [5, 5.41) is 0.738. The molecule has 3 aromatic carbocycles. The average molecular weight is 410 g/mol. The molecule has 30 heavy (non-hydrogen) atoms. The molecule has 2 heterocycles. The third-order valence-corrected chi connectivity index (χ3v) is 6.26. The topological polar surface area (TPSA) is 52.0 Å². The Bertz CT molecular complexity index is 1470. The molecular weight excluding hydrogens is 392 g/mol. The molecule has 0 spiro atoms. The van der Waals surface area contributed by atoms with E-state index in [0.29, 0.717) is 29.0 Å². The van der Waals surface area contributed by atoms with Crippen LogP contribution in [0.25, 0.3) is 31.7 Å². The second kappa shape index (κ2) is 7.69. The van der Waals surface area contributed by atoms with E-state index in [1.54, 1.807) is 10.6 Å². The van der Waals surface area contributed by atoms with Gasteiger partial charge in [0, 0.05) is 22.2 Å². The predicted octanol–water partition coefficient (Wildman–Crippen LogP) is 4.88. The van der Waals surface area contributed by atoms with Crippen molar-refractivity contribution in [2.75, 3.05) is 0 Å². The van der Waals surface area contributed by atoms with E-state index >= 15 is 0 Å². The van der Waals surface area contributed by atoms with Crippen LogP contribution in [0.3, 0.4) is 0 Å². The standard InChI is InChI=1S/C25H18N2O2S/c28-22-19-13-7-8-14-20(19)30-24-21(22)25(29)27(16-15-17-9-3-1-4-10-17)23(26-24)18-11-5-2-6-12-18/h1-14H,15-16H2. The molecule has 0 saturated heterocycles. The van der Waals surface area contributed by atoms with E-state index in [1.807, 2.05) is 78.9 Å². The molecule has 0 aliphatic rings. The van der Waals surface area contributed by atoms with Crippen molar-refractivity contribution in [2.24, 2.45) is 0 Å². The Kier molecular flexibility index (Phi) is 4.73. The Morgan fingerprint density at radius 1 is 0.800 bits per heavy atom. The summed E-state index contributed by atoms with van der Waals surface area (Å²) in [5.74, 6) is 0.593. The van der Waals surface area contributed by atoms with Crippen molar-refractivity contribution in [2.45, 2.75) is 13.0 Å². The van der Waals surface area contributed by atoms with Crippen molar-refractivity contribution in [1.29, 1.82) is 0 Å². The van der Waals surface area contributed by atoms with Crippen LogP contribution in [0.2, 0.25) is 0 Å². The molecule has 5 aromatic rings. The van der Waals surface area contributed by atoms with Crippen LogP contribution in [0.4, 0.5) is 0 Å². The summed E-state index contributed by atoms with van der Waals surface area (Å²) >= 11 is 1.39. The van der Waals surface area contributed by atoms with Gasteiger partial charge in [-0.15, -0.1) is 11.3 Å². The normalized spacial score (nSPS) is 11.2. The van der Waals surface area contributed by atoms with Gasteiger partial charge in [-0.2, -0.15) is 0 Å². The predicted molar refractivity (Wildman–Crippen MR) is 123 cm³/mol. The molecule has 0 radical (unpaired) electrons. The van der Waals surface area contributed by atoms with Gasteiger partial charge in [0.2, 0.25) is 5.43 Å². The van der Waals surface area contributed by atoms with Crippen molar-refractivity contribution in [3.63, 3.8) is 0 Å². The number of hydrogen-bond acceptors (Lipinski definition) is 4. The van der Waals surface area contributed by atoms with Crippen LogP contribution in [0, 0.1) is 0 Å². The van der Waals surface area contributed by atoms with Crippen molar-refractivity contribution in [3.8, 4) is 11.4 Å². The van der Waals surface area contributed by atoms with Gasteiger partial charge in [0.05, 0.1) is 0 Å². The monoisotopic (exact) mass is 410 g/mol. The maximum atomic E-state index is 13.5. The van der Waals surface area contributed by atoms with E-state index in [1.165, 1.54) is 11.3 Å². The Morgan fingerprint density at radius 2 is 1.47 bits per heavy atom. The van der Waals surface area contributed by atoms with E-state index in [-0.39, 0.29) is 16.4 Å². The van der Waals surface area contributed by atoms with E-state index < -0.39 is 0 Å². The number of hydrogen-bond donors (Lipinski definition) is 0. The van der Waals surface area contributed by atoms with Crippen molar-refractivity contribution in [1.82, 2.24) is 9.55 Å². The first-order valence-corrected chi connectivity index (χ1v) is 10.6.